The van der Waals surface area contributed by atoms with Gasteiger partial charge in [0.25, 0.3) is 5.56 Å². The molecule has 9 heteroatoms. The van der Waals surface area contributed by atoms with Gasteiger partial charge in [0.05, 0.1) is 19.1 Å². The van der Waals surface area contributed by atoms with E-state index in [2.05, 4.69) is 0 Å². The van der Waals surface area contributed by atoms with Gasteiger partial charge in [-0.15, -0.1) is 0 Å². The summed E-state index contributed by atoms with van der Waals surface area (Å²) in [7, 11) is 0. The van der Waals surface area contributed by atoms with Crippen molar-refractivity contribution in [2.75, 3.05) is 31.9 Å². The Morgan fingerprint density at radius 3 is 2.35 bits per heavy atom. The lowest BCUT2D eigenvalue weighted by atomic mass is 10.1. The topological polar surface area (TPSA) is 111 Å². The second kappa shape index (κ2) is 10.4. The van der Waals surface area contributed by atoms with E-state index >= 15 is 0 Å². The number of rotatable bonds is 7. The molecule has 2 fully saturated rings. The van der Waals surface area contributed by atoms with Gasteiger partial charge in [0, 0.05) is 19.6 Å². The first-order chi connectivity index (χ1) is 16.4. The summed E-state index contributed by atoms with van der Waals surface area (Å²) in [5.41, 5.74) is 5.73. The summed E-state index contributed by atoms with van der Waals surface area (Å²) in [6.07, 6.45) is 4.67. The van der Waals surface area contributed by atoms with Crippen LogP contribution in [0.2, 0.25) is 0 Å². The van der Waals surface area contributed by atoms with Gasteiger partial charge in [0.15, 0.2) is 5.78 Å². The zero-order valence-corrected chi connectivity index (χ0v) is 19.7. The van der Waals surface area contributed by atoms with Crippen LogP contribution in [0.15, 0.2) is 39.9 Å². The van der Waals surface area contributed by atoms with Crippen molar-refractivity contribution in [2.45, 2.75) is 58.2 Å². The Balaban J connectivity index is 1.62. The molecule has 2 aliphatic heterocycles. The number of likely N-dealkylation sites (tertiary alicyclic amines) is 2. The lowest BCUT2D eigenvalue weighted by Gasteiger charge is -2.32. The number of ketones is 1. The molecule has 182 valence electrons. The SMILES string of the molecule is CCn1c(=O)c(C(=O)CN2CCCC2C(=O)N2CCCCC2)c(N)n(Cc2ccccc2)c1=O. The fourth-order valence-corrected chi connectivity index (χ4v) is 5.06. The van der Waals surface area contributed by atoms with E-state index in [0.717, 1.165) is 48.9 Å². The van der Waals surface area contributed by atoms with Crippen molar-refractivity contribution in [3.05, 3.63) is 62.3 Å². The quantitative estimate of drug-likeness (QED) is 0.615. The van der Waals surface area contributed by atoms with E-state index in [4.69, 9.17) is 5.73 Å². The first-order valence-electron chi connectivity index (χ1n) is 12.2. The number of benzene rings is 1. The number of amides is 1. The van der Waals surface area contributed by atoms with Crippen molar-refractivity contribution in [3.63, 3.8) is 0 Å². The Labute approximate surface area is 198 Å². The zero-order valence-electron chi connectivity index (χ0n) is 19.7. The minimum absolute atomic E-state index is 0.0676. The van der Waals surface area contributed by atoms with Crippen molar-refractivity contribution < 1.29 is 9.59 Å². The summed E-state index contributed by atoms with van der Waals surface area (Å²) in [6, 6.07) is 8.93. The largest absolute Gasteiger partial charge is 0.384 e. The Morgan fingerprint density at radius 1 is 0.971 bits per heavy atom. The van der Waals surface area contributed by atoms with Crippen molar-refractivity contribution in [1.82, 2.24) is 18.9 Å². The Hall–Kier alpha value is -3.20. The number of carbonyl (C=O) groups excluding carboxylic acids is 2. The summed E-state index contributed by atoms with van der Waals surface area (Å²) in [5, 5.41) is 0. The fraction of sp³-hybridized carbons (Fsp3) is 0.520. The van der Waals surface area contributed by atoms with Crippen LogP contribution in [0.1, 0.15) is 54.9 Å². The lowest BCUT2D eigenvalue weighted by Crippen LogP contribution is -2.49. The fourth-order valence-electron chi connectivity index (χ4n) is 5.06. The first-order valence-corrected chi connectivity index (χ1v) is 12.2. The molecule has 2 saturated heterocycles. The monoisotopic (exact) mass is 467 g/mol. The number of hydrogen-bond donors (Lipinski definition) is 1. The van der Waals surface area contributed by atoms with Gasteiger partial charge in [0.1, 0.15) is 11.4 Å². The highest BCUT2D eigenvalue weighted by molar-refractivity contribution is 6.01. The maximum Gasteiger partial charge on any atom is 0.332 e. The summed E-state index contributed by atoms with van der Waals surface area (Å²) in [4.78, 5) is 56.3. The molecule has 34 heavy (non-hydrogen) atoms. The molecule has 1 aromatic heterocycles. The van der Waals surface area contributed by atoms with Crippen molar-refractivity contribution >= 4 is 17.5 Å². The molecule has 3 heterocycles. The second-order valence-corrected chi connectivity index (χ2v) is 9.10. The molecule has 0 saturated carbocycles. The number of aromatic nitrogens is 2. The second-order valence-electron chi connectivity index (χ2n) is 9.10. The number of nitrogen functional groups attached to an aromatic ring is 1. The van der Waals surface area contributed by atoms with Gasteiger partial charge >= 0.3 is 5.69 Å². The molecule has 0 radical (unpaired) electrons. The number of nitrogens with two attached hydrogens (primary N) is 1. The molecular formula is C25H33N5O4. The number of anilines is 1. The van der Waals surface area contributed by atoms with Crippen LogP contribution in [0, 0.1) is 0 Å². The van der Waals surface area contributed by atoms with E-state index in [0.29, 0.717) is 13.0 Å². The number of Topliss-reactive ketones (excluding diaryl/α,β-unsaturated/α-hetero) is 1. The van der Waals surface area contributed by atoms with Gasteiger partial charge in [-0.2, -0.15) is 0 Å². The third-order valence-corrected chi connectivity index (χ3v) is 6.91. The van der Waals surface area contributed by atoms with Gasteiger partial charge in [-0.25, -0.2) is 4.79 Å². The molecule has 9 nitrogen and oxygen atoms in total. The molecule has 2 N–H and O–H groups in total. The van der Waals surface area contributed by atoms with Crippen LogP contribution in [-0.4, -0.2) is 62.8 Å². The van der Waals surface area contributed by atoms with E-state index in [1.54, 1.807) is 6.92 Å². The molecule has 1 atom stereocenters. The van der Waals surface area contributed by atoms with Crippen molar-refractivity contribution in [1.29, 1.82) is 0 Å². The molecule has 1 unspecified atom stereocenters. The molecular weight excluding hydrogens is 434 g/mol. The predicted molar refractivity (Wildman–Crippen MR) is 130 cm³/mol. The van der Waals surface area contributed by atoms with Gasteiger partial charge in [-0.3, -0.25) is 28.4 Å². The summed E-state index contributed by atoms with van der Waals surface area (Å²) >= 11 is 0. The van der Waals surface area contributed by atoms with Crippen LogP contribution in [-0.2, 0) is 17.9 Å². The Kier molecular flexibility index (Phi) is 7.31. The minimum Gasteiger partial charge on any atom is -0.384 e. The van der Waals surface area contributed by atoms with Crippen LogP contribution in [0.5, 0.6) is 0 Å². The third kappa shape index (κ3) is 4.70. The van der Waals surface area contributed by atoms with Gasteiger partial charge < -0.3 is 10.6 Å². The zero-order chi connectivity index (χ0) is 24.2. The average Bonchev–Trinajstić information content (AvgIpc) is 3.31. The minimum atomic E-state index is -0.669. The normalized spacial score (nSPS) is 18.9. The maximum atomic E-state index is 13.4. The van der Waals surface area contributed by atoms with Crippen molar-refractivity contribution in [2.24, 2.45) is 0 Å². The van der Waals surface area contributed by atoms with Gasteiger partial charge in [-0.05, 0) is 51.1 Å². The summed E-state index contributed by atoms with van der Waals surface area (Å²) in [6.45, 7) is 4.04. The molecule has 0 aliphatic carbocycles. The number of carbonyl (C=O) groups is 2. The standard InChI is InChI=1S/C25H33N5O4/c1-2-29-24(33)21(22(26)30(25(29)34)16-18-10-5-3-6-11-18)20(31)17-28-15-9-12-19(28)23(32)27-13-7-4-8-14-27/h3,5-6,10-11,19H,2,4,7-9,12-17,26H2,1H3. The molecule has 1 aromatic carbocycles. The van der Waals surface area contributed by atoms with Crippen LogP contribution in [0.4, 0.5) is 5.82 Å². The van der Waals surface area contributed by atoms with Crippen LogP contribution >= 0.6 is 0 Å². The van der Waals surface area contributed by atoms with E-state index in [9.17, 15) is 19.2 Å². The summed E-state index contributed by atoms with van der Waals surface area (Å²) in [5.74, 6) is -0.505. The highest BCUT2D eigenvalue weighted by Crippen LogP contribution is 2.22. The Morgan fingerprint density at radius 2 is 1.68 bits per heavy atom. The van der Waals surface area contributed by atoms with Gasteiger partial charge in [0.2, 0.25) is 5.91 Å². The van der Waals surface area contributed by atoms with E-state index in [1.807, 2.05) is 40.1 Å². The molecule has 0 spiro atoms. The van der Waals surface area contributed by atoms with E-state index < -0.39 is 17.0 Å². The smallest absolute Gasteiger partial charge is 0.332 e. The predicted octanol–water partition coefficient (Wildman–Crippen LogP) is 1.32. The first kappa shape index (κ1) is 23.9. The maximum absolute atomic E-state index is 13.4. The molecule has 1 amide bonds. The highest BCUT2D eigenvalue weighted by Gasteiger charge is 2.36. The van der Waals surface area contributed by atoms with Crippen molar-refractivity contribution in [3.8, 4) is 0 Å². The summed E-state index contributed by atoms with van der Waals surface area (Å²) < 4.78 is 2.33. The Bertz CT molecular complexity index is 1160. The number of hydrogen-bond acceptors (Lipinski definition) is 6. The van der Waals surface area contributed by atoms with Crippen LogP contribution < -0.4 is 17.0 Å². The molecule has 2 aliphatic rings. The number of nitrogens with zero attached hydrogens (tertiary/aromatic N) is 4. The van der Waals surface area contributed by atoms with E-state index in [-0.39, 0.29) is 43.0 Å². The van der Waals surface area contributed by atoms with Gasteiger partial charge in [-0.1, -0.05) is 30.3 Å². The lowest BCUT2D eigenvalue weighted by molar-refractivity contribution is -0.136. The number of piperidine rings is 1. The molecule has 4 rings (SSSR count). The highest BCUT2D eigenvalue weighted by atomic mass is 16.2. The van der Waals surface area contributed by atoms with Crippen LogP contribution in [0.3, 0.4) is 0 Å². The molecule has 0 bridgehead atoms. The third-order valence-electron chi connectivity index (χ3n) is 6.91. The van der Waals surface area contributed by atoms with E-state index in [1.165, 1.54) is 4.57 Å². The van der Waals surface area contributed by atoms with Crippen LogP contribution in [0.25, 0.3) is 0 Å². The molecule has 2 aromatic rings. The average molecular weight is 468 g/mol.